The molecule has 22 heavy (non-hydrogen) atoms. The number of benzene rings is 1. The van der Waals surface area contributed by atoms with E-state index in [0.29, 0.717) is 5.69 Å². The summed E-state index contributed by atoms with van der Waals surface area (Å²) < 4.78 is 0. The molecule has 0 heterocycles. The number of hydrogen-bond donors (Lipinski definition) is 4. The van der Waals surface area contributed by atoms with Crippen LogP contribution in [0.25, 0.3) is 0 Å². The first-order valence-electron chi connectivity index (χ1n) is 6.42. The first-order chi connectivity index (χ1) is 10.3. The number of amides is 2. The molecular formula is C14H16N2O6. The molecule has 2 amide bonds. The molecule has 0 spiro atoms. The van der Waals surface area contributed by atoms with Crippen molar-refractivity contribution in [2.45, 2.75) is 25.8 Å². The molecule has 1 rings (SSSR count). The molecule has 1 aromatic rings. The fourth-order valence-corrected chi connectivity index (χ4v) is 1.71. The van der Waals surface area contributed by atoms with Crippen LogP contribution in [0.15, 0.2) is 24.3 Å². The Morgan fingerprint density at radius 2 is 1.86 bits per heavy atom. The van der Waals surface area contributed by atoms with E-state index in [1.54, 1.807) is 6.07 Å². The summed E-state index contributed by atoms with van der Waals surface area (Å²) >= 11 is 0. The molecule has 0 aliphatic carbocycles. The maximum atomic E-state index is 12.0. The number of carbonyl (C=O) groups is 4. The van der Waals surface area contributed by atoms with Gasteiger partial charge >= 0.3 is 11.9 Å². The smallest absolute Gasteiger partial charge is 0.326 e. The van der Waals surface area contributed by atoms with E-state index in [2.05, 4.69) is 10.6 Å². The maximum Gasteiger partial charge on any atom is 0.326 e. The van der Waals surface area contributed by atoms with Crippen LogP contribution in [-0.4, -0.2) is 40.0 Å². The van der Waals surface area contributed by atoms with Gasteiger partial charge in [0.2, 0.25) is 5.91 Å². The molecule has 0 aliphatic rings. The van der Waals surface area contributed by atoms with Gasteiger partial charge < -0.3 is 20.8 Å². The Morgan fingerprint density at radius 3 is 2.41 bits per heavy atom. The largest absolute Gasteiger partial charge is 0.481 e. The number of hydrogen-bond acceptors (Lipinski definition) is 4. The first-order valence-corrected chi connectivity index (χ1v) is 6.42. The summed E-state index contributed by atoms with van der Waals surface area (Å²) in [5, 5.41) is 22.3. The van der Waals surface area contributed by atoms with Gasteiger partial charge in [0.15, 0.2) is 0 Å². The van der Waals surface area contributed by atoms with E-state index in [0.717, 1.165) is 0 Å². The third-order valence-corrected chi connectivity index (χ3v) is 2.70. The molecule has 0 bridgehead atoms. The summed E-state index contributed by atoms with van der Waals surface area (Å²) in [6.45, 7) is 1.32. The molecule has 0 fully saturated rings. The second kappa shape index (κ2) is 7.77. The lowest BCUT2D eigenvalue weighted by Gasteiger charge is -2.14. The van der Waals surface area contributed by atoms with E-state index in [9.17, 15) is 19.2 Å². The Hall–Kier alpha value is -2.90. The second-order valence-electron chi connectivity index (χ2n) is 4.56. The summed E-state index contributed by atoms with van der Waals surface area (Å²) in [7, 11) is 0. The number of aliphatic carboxylic acids is 2. The molecule has 0 unspecified atom stereocenters. The van der Waals surface area contributed by atoms with Crippen molar-refractivity contribution in [1.29, 1.82) is 0 Å². The van der Waals surface area contributed by atoms with Gasteiger partial charge in [0, 0.05) is 24.6 Å². The Labute approximate surface area is 126 Å². The van der Waals surface area contributed by atoms with Gasteiger partial charge in [0.05, 0.1) is 0 Å². The van der Waals surface area contributed by atoms with E-state index < -0.39 is 23.9 Å². The maximum absolute atomic E-state index is 12.0. The standard InChI is InChI=1S/C14H16N2O6/c1-8(17)15-10-4-2-3-9(7-10)13(20)16-11(14(21)22)5-6-12(18)19/h2-4,7,11H,5-6H2,1H3,(H,15,17)(H,16,20)(H,18,19)(H,21,22)/t11-/m0/s1. The first kappa shape index (κ1) is 17.2. The van der Waals surface area contributed by atoms with Crippen LogP contribution in [0.4, 0.5) is 5.69 Å². The lowest BCUT2D eigenvalue weighted by Crippen LogP contribution is -2.41. The van der Waals surface area contributed by atoms with Gasteiger partial charge in [0.25, 0.3) is 5.91 Å². The fraction of sp³-hybridized carbons (Fsp3) is 0.286. The van der Waals surface area contributed by atoms with Crippen molar-refractivity contribution in [3.05, 3.63) is 29.8 Å². The third-order valence-electron chi connectivity index (χ3n) is 2.70. The van der Waals surface area contributed by atoms with E-state index in [1.165, 1.54) is 25.1 Å². The normalized spacial score (nSPS) is 11.3. The quantitative estimate of drug-likeness (QED) is 0.586. The molecule has 0 radical (unpaired) electrons. The van der Waals surface area contributed by atoms with Crippen molar-refractivity contribution < 1.29 is 29.4 Å². The highest BCUT2D eigenvalue weighted by Gasteiger charge is 2.21. The summed E-state index contributed by atoms with van der Waals surface area (Å²) in [4.78, 5) is 44.5. The van der Waals surface area contributed by atoms with Gasteiger partial charge in [-0.05, 0) is 24.6 Å². The van der Waals surface area contributed by atoms with Crippen LogP contribution < -0.4 is 10.6 Å². The molecule has 1 aromatic carbocycles. The summed E-state index contributed by atoms with van der Waals surface area (Å²) in [5.41, 5.74) is 0.561. The topological polar surface area (TPSA) is 133 Å². The molecule has 8 nitrogen and oxygen atoms in total. The van der Waals surface area contributed by atoms with E-state index in [1.807, 2.05) is 0 Å². The SMILES string of the molecule is CC(=O)Nc1cccc(C(=O)N[C@@H](CCC(=O)O)C(=O)O)c1. The van der Waals surface area contributed by atoms with Crippen molar-refractivity contribution in [3.8, 4) is 0 Å². The molecule has 118 valence electrons. The van der Waals surface area contributed by atoms with Crippen LogP contribution in [0, 0.1) is 0 Å². The molecular weight excluding hydrogens is 292 g/mol. The minimum absolute atomic E-state index is 0.160. The van der Waals surface area contributed by atoms with Crippen molar-refractivity contribution in [2.75, 3.05) is 5.32 Å². The van der Waals surface area contributed by atoms with Gasteiger partial charge in [-0.25, -0.2) is 4.79 Å². The van der Waals surface area contributed by atoms with Crippen molar-refractivity contribution in [1.82, 2.24) is 5.32 Å². The zero-order valence-electron chi connectivity index (χ0n) is 11.8. The predicted octanol–water partition coefficient (Wildman–Crippen LogP) is 0.693. The van der Waals surface area contributed by atoms with Gasteiger partial charge in [-0.3, -0.25) is 14.4 Å². The molecule has 8 heteroatoms. The number of carboxylic acid groups (broad SMARTS) is 2. The van der Waals surface area contributed by atoms with E-state index in [-0.39, 0.29) is 24.3 Å². The van der Waals surface area contributed by atoms with Crippen LogP contribution in [-0.2, 0) is 14.4 Å². The Bertz CT molecular complexity index is 599. The molecule has 0 saturated heterocycles. The van der Waals surface area contributed by atoms with Gasteiger partial charge in [-0.2, -0.15) is 0 Å². The minimum Gasteiger partial charge on any atom is -0.481 e. The number of rotatable bonds is 7. The molecule has 0 aliphatic heterocycles. The Kier molecular flexibility index (Phi) is 6.06. The van der Waals surface area contributed by atoms with Crippen LogP contribution in [0.3, 0.4) is 0 Å². The monoisotopic (exact) mass is 308 g/mol. The second-order valence-corrected chi connectivity index (χ2v) is 4.56. The van der Waals surface area contributed by atoms with Crippen molar-refractivity contribution in [3.63, 3.8) is 0 Å². The Balaban J connectivity index is 2.79. The van der Waals surface area contributed by atoms with Crippen LogP contribution in [0.2, 0.25) is 0 Å². The zero-order valence-corrected chi connectivity index (χ0v) is 11.8. The number of nitrogens with one attached hydrogen (secondary N) is 2. The fourth-order valence-electron chi connectivity index (χ4n) is 1.71. The summed E-state index contributed by atoms with van der Waals surface area (Å²) in [5.74, 6) is -3.42. The number of carbonyl (C=O) groups excluding carboxylic acids is 2. The van der Waals surface area contributed by atoms with Crippen LogP contribution in [0.5, 0.6) is 0 Å². The van der Waals surface area contributed by atoms with E-state index >= 15 is 0 Å². The van der Waals surface area contributed by atoms with Crippen LogP contribution >= 0.6 is 0 Å². The highest BCUT2D eigenvalue weighted by Crippen LogP contribution is 2.11. The number of anilines is 1. The van der Waals surface area contributed by atoms with Crippen molar-refractivity contribution >= 4 is 29.4 Å². The molecule has 4 N–H and O–H groups in total. The molecule has 1 atom stereocenters. The zero-order chi connectivity index (χ0) is 16.7. The van der Waals surface area contributed by atoms with Crippen molar-refractivity contribution in [2.24, 2.45) is 0 Å². The Morgan fingerprint density at radius 1 is 1.18 bits per heavy atom. The van der Waals surface area contributed by atoms with Gasteiger partial charge in [-0.15, -0.1) is 0 Å². The number of carboxylic acids is 2. The molecule has 0 aromatic heterocycles. The lowest BCUT2D eigenvalue weighted by molar-refractivity contribution is -0.140. The highest BCUT2D eigenvalue weighted by molar-refractivity contribution is 5.98. The van der Waals surface area contributed by atoms with Gasteiger partial charge in [0.1, 0.15) is 6.04 Å². The summed E-state index contributed by atoms with van der Waals surface area (Å²) in [6, 6.07) is 4.67. The lowest BCUT2D eigenvalue weighted by atomic mass is 10.1. The molecule has 0 saturated carbocycles. The van der Waals surface area contributed by atoms with E-state index in [4.69, 9.17) is 10.2 Å². The third kappa shape index (κ3) is 5.61. The average molecular weight is 308 g/mol. The minimum atomic E-state index is -1.31. The summed E-state index contributed by atoms with van der Waals surface area (Å²) in [6.07, 6.45) is -0.592. The van der Waals surface area contributed by atoms with Gasteiger partial charge in [-0.1, -0.05) is 6.07 Å². The average Bonchev–Trinajstić information content (AvgIpc) is 2.42. The predicted molar refractivity (Wildman–Crippen MR) is 76.5 cm³/mol. The van der Waals surface area contributed by atoms with Crippen LogP contribution in [0.1, 0.15) is 30.1 Å². The highest BCUT2D eigenvalue weighted by atomic mass is 16.4.